The number of hydrogen-bond donors (Lipinski definition) is 1. The maximum absolute atomic E-state index is 14.3. The van der Waals surface area contributed by atoms with Crippen LogP contribution in [0.4, 0.5) is 5.69 Å². The van der Waals surface area contributed by atoms with E-state index in [1.54, 1.807) is 24.3 Å². The van der Waals surface area contributed by atoms with Crippen LogP contribution >= 0.6 is 0 Å². The van der Waals surface area contributed by atoms with Gasteiger partial charge in [-0.25, -0.2) is 4.79 Å². The summed E-state index contributed by atoms with van der Waals surface area (Å²) in [4.78, 5) is 41.9. The van der Waals surface area contributed by atoms with Gasteiger partial charge in [-0.15, -0.1) is 0 Å². The van der Waals surface area contributed by atoms with Gasteiger partial charge in [0, 0.05) is 25.3 Å². The van der Waals surface area contributed by atoms with Gasteiger partial charge in [0.25, 0.3) is 5.56 Å². The number of anilines is 1. The van der Waals surface area contributed by atoms with E-state index in [0.717, 1.165) is 14.7 Å². The molecule has 1 amide bonds. The third kappa shape index (κ3) is 2.49. The van der Waals surface area contributed by atoms with Crippen LogP contribution < -0.4 is 26.6 Å². The first-order chi connectivity index (χ1) is 15.8. The fourth-order valence-corrected chi connectivity index (χ4v) is 4.73. The molecular weight excluding hydrogens is 422 g/mol. The highest BCUT2D eigenvalue weighted by atomic mass is 16.5. The van der Waals surface area contributed by atoms with Crippen LogP contribution in [0.1, 0.15) is 16.7 Å². The van der Waals surface area contributed by atoms with Crippen LogP contribution in [0.5, 0.6) is 5.88 Å². The SMILES string of the molecule is Cn1c2c(c(=O)n(C)c1=O)C1(C(=O)N(Cc3ccccc3)c3ccccc31)C(C#N)=C(N)O2. The van der Waals surface area contributed by atoms with E-state index in [2.05, 4.69) is 0 Å². The van der Waals surface area contributed by atoms with Gasteiger partial charge in [0.2, 0.25) is 17.7 Å². The Hall–Kier alpha value is -4.58. The lowest BCUT2D eigenvalue weighted by Gasteiger charge is -2.34. The van der Waals surface area contributed by atoms with Gasteiger partial charge in [0.1, 0.15) is 17.2 Å². The van der Waals surface area contributed by atoms with E-state index in [4.69, 9.17) is 10.5 Å². The maximum Gasteiger partial charge on any atom is 0.333 e. The highest BCUT2D eigenvalue weighted by Gasteiger charge is 2.61. The number of ether oxygens (including phenoxy) is 1. The summed E-state index contributed by atoms with van der Waals surface area (Å²) < 4.78 is 7.62. The number of carbonyl (C=O) groups excluding carboxylic acids is 1. The lowest BCUT2D eigenvalue weighted by atomic mass is 9.69. The van der Waals surface area contributed by atoms with Crippen LogP contribution in [0.3, 0.4) is 0 Å². The maximum atomic E-state index is 14.3. The summed E-state index contributed by atoms with van der Waals surface area (Å²) in [6, 6.07) is 18.4. The Morgan fingerprint density at radius 2 is 1.67 bits per heavy atom. The summed E-state index contributed by atoms with van der Waals surface area (Å²) in [6.07, 6.45) is 0. The Morgan fingerprint density at radius 3 is 2.36 bits per heavy atom. The average Bonchev–Trinajstić information content (AvgIpc) is 3.06. The number of hydrogen-bond acceptors (Lipinski definition) is 6. The first kappa shape index (κ1) is 20.3. The summed E-state index contributed by atoms with van der Waals surface area (Å²) >= 11 is 0. The van der Waals surface area contributed by atoms with Gasteiger partial charge >= 0.3 is 5.69 Å². The van der Waals surface area contributed by atoms with Gasteiger partial charge < -0.3 is 15.4 Å². The second-order valence-corrected chi connectivity index (χ2v) is 7.98. The summed E-state index contributed by atoms with van der Waals surface area (Å²) in [7, 11) is 2.74. The van der Waals surface area contributed by atoms with Crippen molar-refractivity contribution in [2.24, 2.45) is 19.8 Å². The standard InChI is InChI=1S/C24H19N5O4/c1-27-20(30)18-21(28(2)23(27)32)33-19(26)16(12-25)24(18)15-10-6-7-11-17(15)29(22(24)31)13-14-8-4-3-5-9-14/h3-11H,13,26H2,1-2H3. The number of amides is 1. The minimum Gasteiger partial charge on any atom is -0.423 e. The monoisotopic (exact) mass is 441 g/mol. The van der Waals surface area contributed by atoms with E-state index in [-0.39, 0.29) is 29.4 Å². The van der Waals surface area contributed by atoms with Crippen molar-refractivity contribution in [3.8, 4) is 11.9 Å². The number of benzene rings is 2. The summed E-state index contributed by atoms with van der Waals surface area (Å²) in [5.41, 5.74) is 4.50. The second-order valence-electron chi connectivity index (χ2n) is 7.98. The molecule has 2 N–H and O–H groups in total. The first-order valence-electron chi connectivity index (χ1n) is 10.2. The number of nitrogens with two attached hydrogens (primary N) is 1. The van der Waals surface area contributed by atoms with Gasteiger partial charge in [-0.3, -0.25) is 18.7 Å². The van der Waals surface area contributed by atoms with Crippen LogP contribution in [0.25, 0.3) is 0 Å². The van der Waals surface area contributed by atoms with Crippen LogP contribution in [0, 0.1) is 11.3 Å². The molecule has 0 saturated carbocycles. The van der Waals surface area contributed by atoms with Gasteiger partial charge in [-0.05, 0) is 11.6 Å². The first-order valence-corrected chi connectivity index (χ1v) is 10.2. The highest BCUT2D eigenvalue weighted by Crippen LogP contribution is 2.53. The molecule has 9 heteroatoms. The second kappa shape index (κ2) is 6.97. The normalized spacial score (nSPS) is 18.7. The van der Waals surface area contributed by atoms with E-state index in [0.29, 0.717) is 11.3 Å². The lowest BCUT2D eigenvalue weighted by molar-refractivity contribution is -0.121. The Kier molecular flexibility index (Phi) is 4.29. The highest BCUT2D eigenvalue weighted by molar-refractivity contribution is 6.14. The quantitative estimate of drug-likeness (QED) is 0.633. The van der Waals surface area contributed by atoms with Crippen molar-refractivity contribution in [3.05, 3.63) is 104 Å². The number of nitriles is 1. The molecule has 2 aliphatic heterocycles. The van der Waals surface area contributed by atoms with Crippen molar-refractivity contribution in [1.82, 2.24) is 9.13 Å². The van der Waals surface area contributed by atoms with Crippen molar-refractivity contribution in [1.29, 1.82) is 5.26 Å². The molecule has 0 fully saturated rings. The van der Waals surface area contributed by atoms with Gasteiger partial charge in [-0.1, -0.05) is 48.5 Å². The molecule has 1 spiro atoms. The van der Waals surface area contributed by atoms with Crippen LogP contribution in [-0.2, 0) is 30.8 Å². The number of fused-ring (bicyclic) bond motifs is 4. The summed E-state index contributed by atoms with van der Waals surface area (Å²) in [5, 5.41) is 10.1. The molecule has 2 aliphatic rings. The molecule has 1 atom stereocenters. The molecule has 2 aromatic carbocycles. The van der Waals surface area contributed by atoms with Crippen molar-refractivity contribution >= 4 is 11.6 Å². The molecular formula is C24H19N5O4. The number of aromatic nitrogens is 2. The topological polar surface area (TPSA) is 123 Å². The molecule has 5 rings (SSSR count). The third-order valence-electron chi connectivity index (χ3n) is 6.27. The molecule has 9 nitrogen and oxygen atoms in total. The van der Waals surface area contributed by atoms with Gasteiger partial charge in [-0.2, -0.15) is 5.26 Å². The molecule has 33 heavy (non-hydrogen) atoms. The molecule has 1 unspecified atom stereocenters. The Labute approximate surface area is 188 Å². The fourth-order valence-electron chi connectivity index (χ4n) is 4.73. The van der Waals surface area contributed by atoms with Gasteiger partial charge in [0.15, 0.2) is 5.41 Å². The third-order valence-corrected chi connectivity index (χ3v) is 6.27. The van der Waals surface area contributed by atoms with Crippen molar-refractivity contribution in [3.63, 3.8) is 0 Å². The van der Waals surface area contributed by atoms with Crippen LogP contribution in [0.15, 0.2) is 75.6 Å². The zero-order valence-corrected chi connectivity index (χ0v) is 17.9. The molecule has 0 aliphatic carbocycles. The summed E-state index contributed by atoms with van der Waals surface area (Å²) in [6.45, 7) is 0.222. The van der Waals surface area contributed by atoms with Crippen LogP contribution in [-0.4, -0.2) is 15.0 Å². The van der Waals surface area contributed by atoms with Crippen molar-refractivity contribution < 1.29 is 9.53 Å². The summed E-state index contributed by atoms with van der Waals surface area (Å²) in [5.74, 6) is -0.977. The van der Waals surface area contributed by atoms with E-state index in [1.807, 2.05) is 36.4 Å². The molecule has 3 aromatic rings. The minimum absolute atomic E-state index is 0.106. The number of nitrogens with zero attached hydrogens (tertiary/aromatic N) is 4. The van der Waals surface area contributed by atoms with Crippen LogP contribution in [0.2, 0.25) is 0 Å². The minimum atomic E-state index is -1.84. The van der Waals surface area contributed by atoms with Crippen molar-refractivity contribution in [2.75, 3.05) is 4.90 Å². The average molecular weight is 441 g/mol. The Balaban J connectivity index is 1.90. The lowest BCUT2D eigenvalue weighted by Crippen LogP contribution is -2.52. The van der Waals surface area contributed by atoms with Crippen molar-refractivity contribution in [2.45, 2.75) is 12.0 Å². The van der Waals surface area contributed by atoms with E-state index in [1.165, 1.54) is 19.0 Å². The predicted molar refractivity (Wildman–Crippen MR) is 119 cm³/mol. The molecule has 0 radical (unpaired) electrons. The number of rotatable bonds is 2. The van der Waals surface area contributed by atoms with E-state index < -0.39 is 22.6 Å². The molecule has 3 heterocycles. The largest absolute Gasteiger partial charge is 0.423 e. The van der Waals surface area contributed by atoms with E-state index in [9.17, 15) is 19.6 Å². The predicted octanol–water partition coefficient (Wildman–Crippen LogP) is 1.00. The Morgan fingerprint density at radius 1 is 1.00 bits per heavy atom. The zero-order valence-electron chi connectivity index (χ0n) is 17.9. The van der Waals surface area contributed by atoms with Gasteiger partial charge in [0.05, 0.1) is 6.54 Å². The number of para-hydroxylation sites is 1. The fraction of sp³-hybridized carbons (Fsp3) is 0.167. The molecule has 0 bridgehead atoms. The molecule has 164 valence electrons. The Bertz CT molecular complexity index is 1530. The van der Waals surface area contributed by atoms with E-state index >= 15 is 0 Å². The molecule has 0 saturated heterocycles. The molecule has 1 aromatic heterocycles. The zero-order chi connectivity index (χ0) is 23.5. The number of carbonyl (C=O) groups is 1. The smallest absolute Gasteiger partial charge is 0.333 e.